The van der Waals surface area contributed by atoms with Gasteiger partial charge in [-0.05, 0) is 43.7 Å². The number of aliphatic hydroxyl groups is 1. The Morgan fingerprint density at radius 1 is 1.00 bits per heavy atom. The number of hydrogen-bond donors (Lipinski definition) is 1. The molecule has 2 rings (SSSR count). The van der Waals surface area contributed by atoms with Crippen molar-refractivity contribution in [3.8, 4) is 11.5 Å². The molecule has 6 nitrogen and oxygen atoms in total. The summed E-state index contributed by atoms with van der Waals surface area (Å²) >= 11 is 0. The molecule has 0 aliphatic carbocycles. The molecule has 1 unspecified atom stereocenters. The van der Waals surface area contributed by atoms with Crippen LogP contribution in [0.5, 0.6) is 11.5 Å². The van der Waals surface area contributed by atoms with Crippen LogP contribution in [0.25, 0.3) is 0 Å². The fraction of sp³-hybridized carbons (Fsp3) is 0.167. The zero-order valence-electron chi connectivity index (χ0n) is 13.9. The maximum Gasteiger partial charge on any atom is 0.590 e. The summed E-state index contributed by atoms with van der Waals surface area (Å²) in [4.78, 5) is 12.0. The minimum absolute atomic E-state index is 0.0379. The van der Waals surface area contributed by atoms with Gasteiger partial charge in [0.1, 0.15) is 11.5 Å². The summed E-state index contributed by atoms with van der Waals surface area (Å²) in [7, 11) is -4.39. The summed E-state index contributed by atoms with van der Waals surface area (Å²) in [5, 5.41) is 10.3. The van der Waals surface area contributed by atoms with Crippen molar-refractivity contribution in [3.63, 3.8) is 0 Å². The van der Waals surface area contributed by atoms with Gasteiger partial charge in [0.25, 0.3) is 0 Å². The highest BCUT2D eigenvalue weighted by atomic mass is 31.2. The molecule has 0 saturated heterocycles. The van der Waals surface area contributed by atoms with Crippen LogP contribution in [-0.4, -0.2) is 16.7 Å². The molecule has 0 radical (unpaired) electrons. The Hall–Kier alpha value is -2.40. The minimum Gasteiger partial charge on any atom is -0.395 e. The Balaban J connectivity index is 2.33. The van der Waals surface area contributed by atoms with Crippen molar-refractivity contribution >= 4 is 13.6 Å². The van der Waals surface area contributed by atoms with Crippen LogP contribution < -0.4 is 9.05 Å². The van der Waals surface area contributed by atoms with Crippen molar-refractivity contribution in [3.05, 3.63) is 72.8 Å². The average Bonchev–Trinajstić information content (AvgIpc) is 2.54. The third-order valence-corrected chi connectivity index (χ3v) is 4.47. The van der Waals surface area contributed by atoms with Gasteiger partial charge in [0, 0.05) is 0 Å². The molecule has 132 valence electrons. The standard InChI is InChI=1S/C18H19O6P/c1-14(2)17(19)18(3,20)24-25(21,22-15-10-6-4-7-11-15)23-16-12-8-5-9-13-16/h4-13,20H,1H2,2-3H3. The average molecular weight is 362 g/mol. The Bertz CT molecular complexity index is 740. The molecular weight excluding hydrogens is 343 g/mol. The molecule has 2 aromatic carbocycles. The van der Waals surface area contributed by atoms with Crippen LogP contribution in [0.4, 0.5) is 0 Å². The van der Waals surface area contributed by atoms with Gasteiger partial charge in [0.05, 0.1) is 0 Å². The third kappa shape index (κ3) is 5.29. The van der Waals surface area contributed by atoms with Crippen molar-refractivity contribution in [2.45, 2.75) is 19.6 Å². The van der Waals surface area contributed by atoms with Gasteiger partial charge >= 0.3 is 7.82 Å². The lowest BCUT2D eigenvalue weighted by Crippen LogP contribution is -2.38. The summed E-state index contributed by atoms with van der Waals surface area (Å²) in [5.41, 5.74) is 0.0379. The molecule has 1 N–H and O–H groups in total. The summed E-state index contributed by atoms with van der Waals surface area (Å²) in [5.74, 6) is -2.87. The van der Waals surface area contributed by atoms with E-state index in [4.69, 9.17) is 13.6 Å². The Morgan fingerprint density at radius 3 is 1.76 bits per heavy atom. The number of ketones is 1. The first-order valence-corrected chi connectivity index (χ1v) is 8.91. The molecule has 0 amide bonds. The predicted octanol–water partition coefficient (Wildman–Crippen LogP) is 4.12. The van der Waals surface area contributed by atoms with E-state index in [2.05, 4.69) is 6.58 Å². The largest absolute Gasteiger partial charge is 0.590 e. The fourth-order valence-corrected chi connectivity index (χ4v) is 3.32. The number of phosphoric ester groups is 1. The maximum absolute atomic E-state index is 13.1. The van der Waals surface area contributed by atoms with E-state index in [-0.39, 0.29) is 17.1 Å². The van der Waals surface area contributed by atoms with Crippen LogP contribution in [0.2, 0.25) is 0 Å². The van der Waals surface area contributed by atoms with Gasteiger partial charge in [-0.2, -0.15) is 0 Å². The first kappa shape index (κ1) is 18.9. The first-order valence-electron chi connectivity index (χ1n) is 7.45. The number of carbonyl (C=O) groups is 1. The molecule has 0 aromatic heterocycles. The van der Waals surface area contributed by atoms with E-state index in [1.54, 1.807) is 60.7 Å². The molecule has 25 heavy (non-hydrogen) atoms. The zero-order valence-corrected chi connectivity index (χ0v) is 14.8. The van der Waals surface area contributed by atoms with E-state index < -0.39 is 19.4 Å². The van der Waals surface area contributed by atoms with E-state index in [0.29, 0.717) is 0 Å². The van der Waals surface area contributed by atoms with Gasteiger partial charge < -0.3 is 14.2 Å². The molecule has 7 heteroatoms. The van der Waals surface area contributed by atoms with Gasteiger partial charge in [0.15, 0.2) is 0 Å². The number of phosphoric acid groups is 1. The normalized spacial score (nSPS) is 13.6. The van der Waals surface area contributed by atoms with E-state index >= 15 is 0 Å². The number of carbonyl (C=O) groups excluding carboxylic acids is 1. The molecule has 1 atom stereocenters. The van der Waals surface area contributed by atoms with Gasteiger partial charge in [0.2, 0.25) is 11.6 Å². The lowest BCUT2D eigenvalue weighted by molar-refractivity contribution is -0.166. The molecule has 0 aliphatic rings. The van der Waals surface area contributed by atoms with Crippen molar-refractivity contribution in [2.24, 2.45) is 0 Å². The van der Waals surface area contributed by atoms with Crippen LogP contribution in [0.3, 0.4) is 0 Å². The number of rotatable bonds is 8. The summed E-state index contributed by atoms with van der Waals surface area (Å²) in [6.07, 6.45) is 0. The molecule has 0 saturated carbocycles. The van der Waals surface area contributed by atoms with Crippen LogP contribution in [0, 0.1) is 0 Å². The topological polar surface area (TPSA) is 82.1 Å². The summed E-state index contributed by atoms with van der Waals surface area (Å²) < 4.78 is 28.9. The van der Waals surface area contributed by atoms with Gasteiger partial charge in [-0.25, -0.2) is 9.09 Å². The van der Waals surface area contributed by atoms with E-state index in [1.807, 2.05) is 0 Å². The number of Topliss-reactive ketones (excluding diaryl/α,β-unsaturated/α-hetero) is 1. The number of benzene rings is 2. The number of para-hydroxylation sites is 2. The van der Waals surface area contributed by atoms with Crippen LogP contribution in [0.15, 0.2) is 72.8 Å². The van der Waals surface area contributed by atoms with Crippen LogP contribution >= 0.6 is 7.82 Å². The van der Waals surface area contributed by atoms with E-state index in [9.17, 15) is 14.5 Å². The second-order valence-electron chi connectivity index (χ2n) is 5.44. The van der Waals surface area contributed by atoms with Crippen molar-refractivity contribution in [2.75, 3.05) is 0 Å². The smallest absolute Gasteiger partial charge is 0.395 e. The molecule has 0 fully saturated rings. The van der Waals surface area contributed by atoms with E-state index in [1.165, 1.54) is 6.92 Å². The second-order valence-corrected chi connectivity index (χ2v) is 6.88. The lowest BCUT2D eigenvalue weighted by atomic mass is 10.1. The van der Waals surface area contributed by atoms with Gasteiger partial charge in [-0.3, -0.25) is 4.79 Å². The zero-order chi connectivity index (χ0) is 18.5. The predicted molar refractivity (Wildman–Crippen MR) is 93.3 cm³/mol. The lowest BCUT2D eigenvalue weighted by Gasteiger charge is -2.27. The minimum atomic E-state index is -4.39. The van der Waals surface area contributed by atoms with Crippen LogP contribution in [-0.2, 0) is 13.9 Å². The second kappa shape index (κ2) is 7.66. The first-order chi connectivity index (χ1) is 11.7. The molecule has 0 aliphatic heterocycles. The summed E-state index contributed by atoms with van der Waals surface area (Å²) in [6.45, 7) is 5.92. The third-order valence-electron chi connectivity index (χ3n) is 3.02. The SMILES string of the molecule is C=C(C)C(=O)C(C)(O)OP(=O)(Oc1ccccc1)Oc1ccccc1. The van der Waals surface area contributed by atoms with E-state index in [0.717, 1.165) is 6.92 Å². The molecule has 0 heterocycles. The quantitative estimate of drug-likeness (QED) is 0.432. The van der Waals surface area contributed by atoms with Crippen molar-refractivity contribution < 1.29 is 28.0 Å². The Morgan fingerprint density at radius 2 is 1.40 bits per heavy atom. The summed E-state index contributed by atoms with van der Waals surface area (Å²) in [6, 6.07) is 16.3. The monoisotopic (exact) mass is 362 g/mol. The van der Waals surface area contributed by atoms with Crippen LogP contribution in [0.1, 0.15) is 13.8 Å². The molecule has 2 aromatic rings. The Labute approximate surface area is 146 Å². The maximum atomic E-state index is 13.1. The fourth-order valence-electron chi connectivity index (χ4n) is 1.93. The van der Waals surface area contributed by atoms with Crippen molar-refractivity contribution in [1.29, 1.82) is 0 Å². The number of hydrogen-bond acceptors (Lipinski definition) is 6. The molecule has 0 bridgehead atoms. The van der Waals surface area contributed by atoms with Gasteiger partial charge in [-0.15, -0.1) is 0 Å². The molecular formula is C18H19O6P. The highest BCUT2D eigenvalue weighted by Gasteiger charge is 2.44. The van der Waals surface area contributed by atoms with Crippen molar-refractivity contribution in [1.82, 2.24) is 0 Å². The highest BCUT2D eigenvalue weighted by molar-refractivity contribution is 7.49. The van der Waals surface area contributed by atoms with Gasteiger partial charge in [-0.1, -0.05) is 43.0 Å². The highest BCUT2D eigenvalue weighted by Crippen LogP contribution is 2.52. The molecule has 0 spiro atoms. The Kier molecular flexibility index (Phi) is 5.80.